The number of hydrogen-bond donors (Lipinski definition) is 3. The molecule has 3 heterocycles. The molecule has 0 aliphatic rings. The number of furan rings is 1. The molecule has 1 aromatic carbocycles. The van der Waals surface area contributed by atoms with Crippen molar-refractivity contribution >= 4 is 16.7 Å². The Morgan fingerprint density at radius 2 is 2.15 bits per heavy atom. The number of nitrogens with one attached hydrogen (secondary N) is 2. The van der Waals surface area contributed by atoms with Crippen LogP contribution in [0.2, 0.25) is 0 Å². The molecule has 0 fully saturated rings. The summed E-state index contributed by atoms with van der Waals surface area (Å²) in [6.45, 7) is 2.41. The van der Waals surface area contributed by atoms with Crippen LogP contribution in [-0.4, -0.2) is 31.6 Å². The Kier molecular flexibility index (Phi) is 4.37. The van der Waals surface area contributed by atoms with E-state index in [0.717, 1.165) is 40.9 Å². The predicted molar refractivity (Wildman–Crippen MR) is 98.7 cm³/mol. The van der Waals surface area contributed by atoms with Crippen LogP contribution in [0.15, 0.2) is 53.6 Å². The number of fused-ring (bicyclic) bond motifs is 1. The summed E-state index contributed by atoms with van der Waals surface area (Å²) >= 11 is 0. The predicted octanol–water partition coefficient (Wildman–Crippen LogP) is 3.32. The number of rotatable bonds is 6. The average Bonchev–Trinajstić information content (AvgIpc) is 3.33. The highest BCUT2D eigenvalue weighted by Crippen LogP contribution is 2.29. The summed E-state index contributed by atoms with van der Waals surface area (Å²) in [5.41, 5.74) is 2.84. The van der Waals surface area contributed by atoms with Crippen LogP contribution in [0.3, 0.4) is 0 Å². The van der Waals surface area contributed by atoms with Crippen LogP contribution < -0.4 is 5.32 Å². The zero-order chi connectivity index (χ0) is 17.9. The molecule has 1 unspecified atom stereocenters. The second-order valence-electron chi connectivity index (χ2n) is 6.09. The SMILES string of the molecule is CC(O)c1ccc(-c2ccc3ncnc(NCCc4cnc[nH]4)c3c2)o1. The molecule has 4 rings (SSSR count). The summed E-state index contributed by atoms with van der Waals surface area (Å²) in [4.78, 5) is 15.8. The van der Waals surface area contributed by atoms with Gasteiger partial charge in [-0.25, -0.2) is 15.0 Å². The zero-order valence-corrected chi connectivity index (χ0v) is 14.3. The number of aliphatic hydroxyl groups excluding tert-OH is 1. The van der Waals surface area contributed by atoms with E-state index >= 15 is 0 Å². The molecule has 0 saturated heterocycles. The summed E-state index contributed by atoms with van der Waals surface area (Å²) in [5, 5.41) is 13.9. The number of imidazole rings is 1. The van der Waals surface area contributed by atoms with Crippen LogP contribution in [0, 0.1) is 0 Å². The quantitative estimate of drug-likeness (QED) is 0.494. The van der Waals surface area contributed by atoms with E-state index in [1.54, 1.807) is 25.6 Å². The van der Waals surface area contributed by atoms with E-state index in [4.69, 9.17) is 4.42 Å². The topological polar surface area (TPSA) is 99.9 Å². The Morgan fingerprint density at radius 3 is 2.92 bits per heavy atom. The second-order valence-corrected chi connectivity index (χ2v) is 6.09. The van der Waals surface area contributed by atoms with Crippen molar-refractivity contribution in [2.24, 2.45) is 0 Å². The van der Waals surface area contributed by atoms with Gasteiger partial charge in [-0.05, 0) is 37.3 Å². The maximum Gasteiger partial charge on any atom is 0.137 e. The Bertz CT molecular complexity index is 1010. The van der Waals surface area contributed by atoms with E-state index in [9.17, 15) is 5.11 Å². The molecule has 0 amide bonds. The molecular weight excluding hydrogens is 330 g/mol. The molecule has 1 atom stereocenters. The summed E-state index contributed by atoms with van der Waals surface area (Å²) in [6.07, 6.45) is 5.23. The molecule has 7 nitrogen and oxygen atoms in total. The van der Waals surface area contributed by atoms with Gasteiger partial charge in [-0.15, -0.1) is 0 Å². The number of nitrogens with zero attached hydrogens (tertiary/aromatic N) is 3. The third kappa shape index (κ3) is 3.29. The van der Waals surface area contributed by atoms with Crippen molar-refractivity contribution in [3.63, 3.8) is 0 Å². The molecule has 0 aliphatic carbocycles. The molecule has 3 aromatic heterocycles. The molecule has 7 heteroatoms. The van der Waals surface area contributed by atoms with Gasteiger partial charge in [0.2, 0.25) is 0 Å². The van der Waals surface area contributed by atoms with Crippen LogP contribution >= 0.6 is 0 Å². The highest BCUT2D eigenvalue weighted by Gasteiger charge is 2.11. The number of aromatic amines is 1. The third-order valence-electron chi connectivity index (χ3n) is 4.20. The lowest BCUT2D eigenvalue weighted by Crippen LogP contribution is -2.07. The van der Waals surface area contributed by atoms with Crippen LogP contribution in [0.5, 0.6) is 0 Å². The average molecular weight is 349 g/mol. The lowest BCUT2D eigenvalue weighted by Gasteiger charge is -2.09. The minimum Gasteiger partial charge on any atom is -0.458 e. The van der Waals surface area contributed by atoms with Crippen molar-refractivity contribution in [1.82, 2.24) is 19.9 Å². The summed E-state index contributed by atoms with van der Waals surface area (Å²) < 4.78 is 5.73. The number of hydrogen-bond acceptors (Lipinski definition) is 6. The van der Waals surface area contributed by atoms with Gasteiger partial charge in [0.15, 0.2) is 0 Å². The molecular formula is C19H19N5O2. The van der Waals surface area contributed by atoms with Crippen molar-refractivity contribution in [2.45, 2.75) is 19.4 Å². The molecule has 0 spiro atoms. The molecule has 0 saturated carbocycles. The lowest BCUT2D eigenvalue weighted by atomic mass is 10.1. The minimum atomic E-state index is -0.632. The van der Waals surface area contributed by atoms with E-state index in [1.165, 1.54) is 0 Å². The van der Waals surface area contributed by atoms with Gasteiger partial charge in [-0.1, -0.05) is 0 Å². The Labute approximate surface area is 150 Å². The van der Waals surface area contributed by atoms with Crippen molar-refractivity contribution < 1.29 is 9.52 Å². The first-order valence-electron chi connectivity index (χ1n) is 8.45. The molecule has 26 heavy (non-hydrogen) atoms. The number of anilines is 1. The smallest absolute Gasteiger partial charge is 0.137 e. The Morgan fingerprint density at radius 1 is 1.23 bits per heavy atom. The van der Waals surface area contributed by atoms with Crippen molar-refractivity contribution in [1.29, 1.82) is 0 Å². The van der Waals surface area contributed by atoms with Gasteiger partial charge in [0.05, 0.1) is 11.8 Å². The maximum absolute atomic E-state index is 9.64. The van der Waals surface area contributed by atoms with Gasteiger partial charge in [0.1, 0.15) is 29.8 Å². The van der Waals surface area contributed by atoms with Crippen LogP contribution in [0.4, 0.5) is 5.82 Å². The van der Waals surface area contributed by atoms with E-state index in [-0.39, 0.29) is 0 Å². The monoisotopic (exact) mass is 349 g/mol. The molecule has 132 valence electrons. The normalized spacial score (nSPS) is 12.4. The van der Waals surface area contributed by atoms with Crippen LogP contribution in [0.1, 0.15) is 24.5 Å². The lowest BCUT2D eigenvalue weighted by molar-refractivity contribution is 0.170. The zero-order valence-electron chi connectivity index (χ0n) is 14.3. The Hall–Kier alpha value is -3.19. The number of benzene rings is 1. The molecule has 0 aliphatic heterocycles. The van der Waals surface area contributed by atoms with E-state index in [1.807, 2.05) is 30.5 Å². The van der Waals surface area contributed by atoms with Gasteiger partial charge in [-0.3, -0.25) is 0 Å². The fraction of sp³-hybridized carbons (Fsp3) is 0.211. The van der Waals surface area contributed by atoms with Gasteiger partial charge in [0, 0.05) is 35.8 Å². The summed E-state index contributed by atoms with van der Waals surface area (Å²) in [6, 6.07) is 9.54. The van der Waals surface area contributed by atoms with E-state index in [2.05, 4.69) is 25.3 Å². The molecule has 3 N–H and O–H groups in total. The first kappa shape index (κ1) is 16.3. The largest absolute Gasteiger partial charge is 0.458 e. The molecule has 0 radical (unpaired) electrons. The number of H-pyrrole nitrogens is 1. The standard InChI is InChI=1S/C19H19N5O2/c1-12(25)17-4-5-18(26-17)13-2-3-16-15(8-13)19(24-11-23-16)21-7-6-14-9-20-10-22-14/h2-5,8-12,25H,6-7H2,1H3,(H,20,22)(H,21,23,24). The second kappa shape index (κ2) is 6.97. The number of aliphatic hydroxyl groups is 1. The molecule has 4 aromatic rings. The highest BCUT2D eigenvalue weighted by molar-refractivity contribution is 5.92. The van der Waals surface area contributed by atoms with Gasteiger partial charge >= 0.3 is 0 Å². The van der Waals surface area contributed by atoms with Gasteiger partial charge in [-0.2, -0.15) is 0 Å². The van der Waals surface area contributed by atoms with Gasteiger partial charge in [0.25, 0.3) is 0 Å². The van der Waals surface area contributed by atoms with Crippen molar-refractivity contribution in [3.8, 4) is 11.3 Å². The minimum absolute atomic E-state index is 0.544. The number of aromatic nitrogens is 4. The summed E-state index contributed by atoms with van der Waals surface area (Å²) in [7, 11) is 0. The molecule has 0 bridgehead atoms. The van der Waals surface area contributed by atoms with E-state index in [0.29, 0.717) is 11.5 Å². The first-order valence-corrected chi connectivity index (χ1v) is 8.45. The first-order chi connectivity index (χ1) is 12.7. The van der Waals surface area contributed by atoms with Crippen molar-refractivity contribution in [3.05, 3.63) is 60.6 Å². The highest BCUT2D eigenvalue weighted by atomic mass is 16.4. The van der Waals surface area contributed by atoms with Crippen LogP contribution in [0.25, 0.3) is 22.2 Å². The van der Waals surface area contributed by atoms with E-state index < -0.39 is 6.10 Å². The van der Waals surface area contributed by atoms with Crippen LogP contribution in [-0.2, 0) is 6.42 Å². The third-order valence-corrected chi connectivity index (χ3v) is 4.20. The maximum atomic E-state index is 9.64. The van der Waals surface area contributed by atoms with Crippen molar-refractivity contribution in [2.75, 3.05) is 11.9 Å². The fourth-order valence-corrected chi connectivity index (χ4v) is 2.82. The summed E-state index contributed by atoms with van der Waals surface area (Å²) in [5.74, 6) is 2.02. The fourth-order valence-electron chi connectivity index (χ4n) is 2.82. The van der Waals surface area contributed by atoms with Gasteiger partial charge < -0.3 is 19.8 Å². The Balaban J connectivity index is 1.61.